The Balaban J connectivity index is 2.29. The first-order valence-corrected chi connectivity index (χ1v) is 8.12. The summed E-state index contributed by atoms with van der Waals surface area (Å²) in [7, 11) is 0. The number of nitrogens with two attached hydrogens (primary N) is 1. The maximum absolute atomic E-state index is 12.2. The number of nitrogens with zero attached hydrogens (tertiary/aromatic N) is 1. The fourth-order valence-electron chi connectivity index (χ4n) is 2.98. The fraction of sp³-hybridized carbons (Fsp3) is 0.875. The number of rotatable bonds is 6. The minimum absolute atomic E-state index is 0.117. The highest BCUT2D eigenvalue weighted by atomic mass is 16.2. The van der Waals surface area contributed by atoms with E-state index in [1.807, 2.05) is 4.90 Å². The molecule has 0 aromatic carbocycles. The van der Waals surface area contributed by atoms with Gasteiger partial charge in [0.25, 0.3) is 0 Å². The number of likely N-dealkylation sites (tertiary alicyclic amines) is 1. The van der Waals surface area contributed by atoms with Gasteiger partial charge in [0.2, 0.25) is 11.8 Å². The average molecular weight is 297 g/mol. The molecular formula is C16H31N3O2. The van der Waals surface area contributed by atoms with Gasteiger partial charge in [0.1, 0.15) is 0 Å². The molecule has 122 valence electrons. The summed E-state index contributed by atoms with van der Waals surface area (Å²) in [5, 5.41) is 0. The van der Waals surface area contributed by atoms with Crippen molar-refractivity contribution in [1.82, 2.24) is 10.3 Å². The lowest BCUT2D eigenvalue weighted by Gasteiger charge is -2.29. The first-order valence-electron chi connectivity index (χ1n) is 8.12. The van der Waals surface area contributed by atoms with Gasteiger partial charge in [0.15, 0.2) is 0 Å². The molecule has 0 aliphatic carbocycles. The van der Waals surface area contributed by atoms with E-state index in [1.54, 1.807) is 0 Å². The van der Waals surface area contributed by atoms with E-state index in [9.17, 15) is 9.59 Å². The van der Waals surface area contributed by atoms with Gasteiger partial charge in [-0.3, -0.25) is 15.0 Å². The summed E-state index contributed by atoms with van der Waals surface area (Å²) in [6.45, 7) is 8.49. The first-order chi connectivity index (χ1) is 9.84. The van der Waals surface area contributed by atoms with Crippen LogP contribution in [0, 0.1) is 11.3 Å². The molecule has 5 heteroatoms. The average Bonchev–Trinajstić information content (AvgIpc) is 2.60. The van der Waals surface area contributed by atoms with Crippen LogP contribution in [-0.4, -0.2) is 29.8 Å². The zero-order valence-electron chi connectivity index (χ0n) is 13.8. The molecule has 1 rings (SSSR count). The van der Waals surface area contributed by atoms with Gasteiger partial charge >= 0.3 is 0 Å². The van der Waals surface area contributed by atoms with Crippen LogP contribution in [0.1, 0.15) is 65.7 Å². The van der Waals surface area contributed by atoms with Crippen LogP contribution in [0.25, 0.3) is 0 Å². The zero-order valence-corrected chi connectivity index (χ0v) is 13.8. The van der Waals surface area contributed by atoms with Crippen molar-refractivity contribution in [3.05, 3.63) is 0 Å². The summed E-state index contributed by atoms with van der Waals surface area (Å²) in [4.78, 5) is 25.2. The van der Waals surface area contributed by atoms with Gasteiger partial charge in [-0.05, 0) is 37.0 Å². The van der Waals surface area contributed by atoms with E-state index in [1.165, 1.54) is 0 Å². The molecule has 1 heterocycles. The summed E-state index contributed by atoms with van der Waals surface area (Å²) in [5.41, 5.74) is 2.42. The van der Waals surface area contributed by atoms with Gasteiger partial charge in [0, 0.05) is 25.9 Å². The second-order valence-corrected chi connectivity index (χ2v) is 7.15. The number of hydrazine groups is 1. The summed E-state index contributed by atoms with van der Waals surface area (Å²) in [6.07, 6.45) is 6.01. The molecule has 2 amide bonds. The van der Waals surface area contributed by atoms with Crippen molar-refractivity contribution in [2.75, 3.05) is 13.1 Å². The standard InChI is InChI=1S/C16H31N3O2/c1-16(2,3)13-8-9-15(21)19(12-10-13)11-6-4-5-7-14(20)18-17/h13H,4-12,17H2,1-3H3,(H,18,20). The molecule has 21 heavy (non-hydrogen) atoms. The van der Waals surface area contributed by atoms with Gasteiger partial charge in [0.05, 0.1) is 0 Å². The van der Waals surface area contributed by atoms with Gasteiger partial charge in [-0.2, -0.15) is 0 Å². The molecule has 1 aliphatic heterocycles. The van der Waals surface area contributed by atoms with Crippen LogP contribution in [0.3, 0.4) is 0 Å². The van der Waals surface area contributed by atoms with Crippen LogP contribution in [0.15, 0.2) is 0 Å². The summed E-state index contributed by atoms with van der Waals surface area (Å²) in [6, 6.07) is 0. The molecule has 3 N–H and O–H groups in total. The number of carbonyl (C=O) groups is 2. The van der Waals surface area contributed by atoms with Crippen molar-refractivity contribution in [3.63, 3.8) is 0 Å². The van der Waals surface area contributed by atoms with E-state index in [0.717, 1.165) is 45.2 Å². The number of hydrogen-bond donors (Lipinski definition) is 2. The van der Waals surface area contributed by atoms with Crippen molar-refractivity contribution in [1.29, 1.82) is 0 Å². The zero-order chi connectivity index (χ0) is 15.9. The second kappa shape index (κ2) is 8.37. The van der Waals surface area contributed by atoms with Gasteiger partial charge in [-0.1, -0.05) is 27.2 Å². The third kappa shape index (κ3) is 6.46. The monoisotopic (exact) mass is 297 g/mol. The van der Waals surface area contributed by atoms with Crippen LogP contribution in [0.5, 0.6) is 0 Å². The Kier molecular flexibility index (Phi) is 7.15. The molecule has 0 bridgehead atoms. The van der Waals surface area contributed by atoms with E-state index >= 15 is 0 Å². The molecule has 0 aromatic rings. The Labute approximate surface area is 128 Å². The first kappa shape index (κ1) is 18.0. The van der Waals surface area contributed by atoms with E-state index in [4.69, 9.17) is 5.84 Å². The highest BCUT2D eigenvalue weighted by Gasteiger charge is 2.29. The highest BCUT2D eigenvalue weighted by Crippen LogP contribution is 2.34. The third-order valence-corrected chi connectivity index (χ3v) is 4.52. The molecule has 1 saturated heterocycles. The quantitative estimate of drug-likeness (QED) is 0.341. The third-order valence-electron chi connectivity index (χ3n) is 4.52. The van der Waals surface area contributed by atoms with Gasteiger partial charge in [-0.15, -0.1) is 0 Å². The maximum Gasteiger partial charge on any atom is 0.233 e. The lowest BCUT2D eigenvalue weighted by molar-refractivity contribution is -0.130. The van der Waals surface area contributed by atoms with Crippen molar-refractivity contribution in [3.8, 4) is 0 Å². The van der Waals surface area contributed by atoms with Crippen molar-refractivity contribution >= 4 is 11.8 Å². The molecular weight excluding hydrogens is 266 g/mol. The predicted molar refractivity (Wildman–Crippen MR) is 84.2 cm³/mol. The Hall–Kier alpha value is -1.10. The fourth-order valence-corrected chi connectivity index (χ4v) is 2.98. The molecule has 1 fully saturated rings. The molecule has 1 atom stereocenters. The van der Waals surface area contributed by atoms with Crippen LogP contribution in [-0.2, 0) is 9.59 Å². The number of unbranched alkanes of at least 4 members (excludes halogenated alkanes) is 2. The van der Waals surface area contributed by atoms with Gasteiger partial charge < -0.3 is 4.90 Å². The predicted octanol–water partition coefficient (Wildman–Crippen LogP) is 2.21. The molecule has 1 aliphatic rings. The molecule has 5 nitrogen and oxygen atoms in total. The minimum atomic E-state index is -0.117. The van der Waals surface area contributed by atoms with E-state index in [2.05, 4.69) is 26.2 Å². The minimum Gasteiger partial charge on any atom is -0.343 e. The number of nitrogens with one attached hydrogen (secondary N) is 1. The lowest BCUT2D eigenvalue weighted by atomic mass is 9.77. The Morgan fingerprint density at radius 2 is 2.00 bits per heavy atom. The lowest BCUT2D eigenvalue weighted by Crippen LogP contribution is -2.32. The van der Waals surface area contributed by atoms with E-state index in [0.29, 0.717) is 24.7 Å². The molecule has 0 spiro atoms. The number of hydrogen-bond acceptors (Lipinski definition) is 3. The second-order valence-electron chi connectivity index (χ2n) is 7.15. The largest absolute Gasteiger partial charge is 0.343 e. The molecule has 0 radical (unpaired) electrons. The van der Waals surface area contributed by atoms with Crippen LogP contribution in [0.4, 0.5) is 0 Å². The Bertz CT molecular complexity index is 350. The Morgan fingerprint density at radius 3 is 2.62 bits per heavy atom. The van der Waals surface area contributed by atoms with E-state index < -0.39 is 0 Å². The number of carbonyl (C=O) groups excluding carboxylic acids is 2. The SMILES string of the molecule is CC(C)(C)C1CCC(=O)N(CCCCCC(=O)NN)CC1. The normalized spacial score (nSPS) is 20.3. The smallest absolute Gasteiger partial charge is 0.233 e. The summed E-state index contributed by atoms with van der Waals surface area (Å²) < 4.78 is 0. The molecule has 1 unspecified atom stereocenters. The van der Waals surface area contributed by atoms with Crippen molar-refractivity contribution < 1.29 is 9.59 Å². The Morgan fingerprint density at radius 1 is 1.29 bits per heavy atom. The van der Waals surface area contributed by atoms with Gasteiger partial charge in [-0.25, -0.2) is 5.84 Å². The summed E-state index contributed by atoms with van der Waals surface area (Å²) in [5.74, 6) is 5.84. The highest BCUT2D eigenvalue weighted by molar-refractivity contribution is 5.76. The van der Waals surface area contributed by atoms with Crippen LogP contribution >= 0.6 is 0 Å². The molecule has 0 aromatic heterocycles. The topological polar surface area (TPSA) is 75.4 Å². The van der Waals surface area contributed by atoms with E-state index in [-0.39, 0.29) is 11.3 Å². The summed E-state index contributed by atoms with van der Waals surface area (Å²) >= 11 is 0. The van der Waals surface area contributed by atoms with Crippen LogP contribution in [0.2, 0.25) is 0 Å². The molecule has 0 saturated carbocycles. The van der Waals surface area contributed by atoms with Crippen molar-refractivity contribution in [2.24, 2.45) is 17.2 Å². The van der Waals surface area contributed by atoms with Crippen LogP contribution < -0.4 is 11.3 Å². The maximum atomic E-state index is 12.2. The number of amides is 2. The van der Waals surface area contributed by atoms with Crippen molar-refractivity contribution in [2.45, 2.75) is 65.7 Å².